The molecule has 1 aromatic heterocycles. The van der Waals surface area contributed by atoms with Gasteiger partial charge in [-0.25, -0.2) is 19.7 Å². The molecule has 6 nitrogen and oxygen atoms in total. The molecule has 0 aliphatic carbocycles. The molecule has 0 saturated carbocycles. The molecule has 1 fully saturated rings. The van der Waals surface area contributed by atoms with Gasteiger partial charge in [0.1, 0.15) is 11.9 Å². The Hall–Kier alpha value is -2.22. The predicted molar refractivity (Wildman–Crippen MR) is 88.3 cm³/mol. The van der Waals surface area contributed by atoms with E-state index in [-0.39, 0.29) is 23.2 Å². The first-order chi connectivity index (χ1) is 11.5. The lowest BCUT2D eigenvalue weighted by Crippen LogP contribution is -2.41. The zero-order valence-electron chi connectivity index (χ0n) is 12.1. The van der Waals surface area contributed by atoms with Crippen LogP contribution in [-0.2, 0) is 9.59 Å². The van der Waals surface area contributed by atoms with Gasteiger partial charge in [-0.2, -0.15) is 0 Å². The lowest BCUT2D eigenvalue weighted by Gasteiger charge is -2.16. The van der Waals surface area contributed by atoms with Gasteiger partial charge in [-0.3, -0.25) is 9.59 Å². The van der Waals surface area contributed by atoms with E-state index in [2.05, 4.69) is 15.8 Å². The summed E-state index contributed by atoms with van der Waals surface area (Å²) in [5.74, 6) is -1.01. The van der Waals surface area contributed by atoms with Crippen LogP contribution in [0, 0.1) is 5.82 Å². The largest absolute Gasteiger partial charge is 0.304 e. The van der Waals surface area contributed by atoms with Crippen LogP contribution in [0.5, 0.6) is 0 Å². The molecule has 2 N–H and O–H groups in total. The second-order valence-electron chi connectivity index (χ2n) is 5.05. The van der Waals surface area contributed by atoms with Crippen molar-refractivity contribution in [3.8, 4) is 0 Å². The molecule has 3 rings (SSSR count). The van der Waals surface area contributed by atoms with Gasteiger partial charge in [0, 0.05) is 6.20 Å². The maximum Gasteiger partial charge on any atom is 0.253 e. The van der Waals surface area contributed by atoms with Crippen LogP contribution >= 0.6 is 23.2 Å². The average molecular weight is 369 g/mol. The van der Waals surface area contributed by atoms with Gasteiger partial charge >= 0.3 is 0 Å². The van der Waals surface area contributed by atoms with Crippen molar-refractivity contribution in [1.82, 2.24) is 10.4 Å². The number of imide groups is 1. The molecule has 1 aliphatic rings. The third kappa shape index (κ3) is 3.33. The van der Waals surface area contributed by atoms with Crippen molar-refractivity contribution in [2.24, 2.45) is 0 Å². The Morgan fingerprint density at radius 1 is 1.21 bits per heavy atom. The molecule has 1 atom stereocenters. The summed E-state index contributed by atoms with van der Waals surface area (Å²) in [5, 5.41) is 0.641. The van der Waals surface area contributed by atoms with Crippen LogP contribution in [-0.4, -0.2) is 22.8 Å². The quantitative estimate of drug-likeness (QED) is 0.641. The Labute approximate surface area is 146 Å². The standard InChI is InChI=1S/C15H11Cl2FN4O2/c16-8-5-11(17)14(19-7-8)21-20-12-6-13(23)22(15(12)24)10-3-1-9(18)2-4-10/h1-5,7,12,20H,6H2,(H,19,21)/t12-/m0/s1. The highest BCUT2D eigenvalue weighted by molar-refractivity contribution is 6.36. The molecule has 1 saturated heterocycles. The summed E-state index contributed by atoms with van der Waals surface area (Å²) in [4.78, 5) is 29.5. The second kappa shape index (κ2) is 6.72. The number of rotatable bonds is 4. The Bertz CT molecular complexity index is 801. The lowest BCUT2D eigenvalue weighted by molar-refractivity contribution is -0.121. The van der Waals surface area contributed by atoms with Gasteiger partial charge in [0.25, 0.3) is 5.91 Å². The summed E-state index contributed by atoms with van der Waals surface area (Å²) in [6, 6.07) is 5.82. The normalized spacial score (nSPS) is 17.5. The maximum atomic E-state index is 13.0. The summed E-state index contributed by atoms with van der Waals surface area (Å²) in [7, 11) is 0. The number of pyridine rings is 1. The van der Waals surface area contributed by atoms with Crippen molar-refractivity contribution >= 4 is 46.5 Å². The molecule has 1 aliphatic heterocycles. The Balaban J connectivity index is 1.71. The molecule has 0 unspecified atom stereocenters. The minimum Gasteiger partial charge on any atom is -0.304 e. The summed E-state index contributed by atoms with van der Waals surface area (Å²) in [6.07, 6.45) is 1.35. The number of nitrogens with one attached hydrogen (secondary N) is 2. The number of anilines is 2. The zero-order chi connectivity index (χ0) is 17.3. The molecule has 0 spiro atoms. The molecule has 24 heavy (non-hydrogen) atoms. The van der Waals surface area contributed by atoms with Crippen LogP contribution in [0.2, 0.25) is 10.0 Å². The minimum absolute atomic E-state index is 0.0472. The Morgan fingerprint density at radius 3 is 2.58 bits per heavy atom. The van der Waals surface area contributed by atoms with Gasteiger partial charge in [-0.05, 0) is 30.3 Å². The van der Waals surface area contributed by atoms with Crippen molar-refractivity contribution in [2.45, 2.75) is 12.5 Å². The molecule has 2 amide bonds. The molecule has 2 heterocycles. The maximum absolute atomic E-state index is 13.0. The smallest absolute Gasteiger partial charge is 0.253 e. The predicted octanol–water partition coefficient (Wildman–Crippen LogP) is 2.78. The van der Waals surface area contributed by atoms with E-state index < -0.39 is 17.8 Å². The topological polar surface area (TPSA) is 74.3 Å². The molecule has 1 aromatic carbocycles. The van der Waals surface area contributed by atoms with Crippen LogP contribution in [0.3, 0.4) is 0 Å². The number of carbonyl (C=O) groups is 2. The molecule has 0 bridgehead atoms. The van der Waals surface area contributed by atoms with Crippen LogP contribution < -0.4 is 15.8 Å². The fourth-order valence-corrected chi connectivity index (χ4v) is 2.70. The first kappa shape index (κ1) is 16.6. The fraction of sp³-hybridized carbons (Fsp3) is 0.133. The van der Waals surface area contributed by atoms with Crippen LogP contribution in [0.15, 0.2) is 36.5 Å². The molecule has 2 aromatic rings. The number of carbonyl (C=O) groups excluding carboxylic acids is 2. The fourth-order valence-electron chi connectivity index (χ4n) is 2.27. The summed E-state index contributed by atoms with van der Waals surface area (Å²) in [5.41, 5.74) is 5.74. The Morgan fingerprint density at radius 2 is 1.92 bits per heavy atom. The van der Waals surface area contributed by atoms with Gasteiger partial charge in [-0.1, -0.05) is 23.2 Å². The third-order valence-electron chi connectivity index (χ3n) is 3.40. The molecular weight excluding hydrogens is 358 g/mol. The van der Waals surface area contributed by atoms with Gasteiger partial charge < -0.3 is 5.43 Å². The van der Waals surface area contributed by atoms with E-state index in [0.29, 0.717) is 10.7 Å². The van der Waals surface area contributed by atoms with Gasteiger partial charge in [0.05, 0.1) is 22.2 Å². The van der Waals surface area contributed by atoms with E-state index in [1.54, 1.807) is 0 Å². The highest BCUT2D eigenvalue weighted by Gasteiger charge is 2.39. The molecule has 0 radical (unpaired) electrons. The van der Waals surface area contributed by atoms with Gasteiger partial charge in [0.2, 0.25) is 5.91 Å². The second-order valence-corrected chi connectivity index (χ2v) is 5.90. The number of nitrogens with zero attached hydrogens (tertiary/aromatic N) is 2. The average Bonchev–Trinajstić information content (AvgIpc) is 2.82. The van der Waals surface area contributed by atoms with Crippen molar-refractivity contribution in [3.05, 3.63) is 52.4 Å². The highest BCUT2D eigenvalue weighted by atomic mass is 35.5. The number of hydrazine groups is 1. The monoisotopic (exact) mass is 368 g/mol. The summed E-state index contributed by atoms with van der Waals surface area (Å²) >= 11 is 11.7. The number of hydrogen-bond donors (Lipinski definition) is 2. The van der Waals surface area contributed by atoms with E-state index in [1.165, 1.54) is 36.5 Å². The zero-order valence-corrected chi connectivity index (χ0v) is 13.6. The molecular formula is C15H11Cl2FN4O2. The molecule has 9 heteroatoms. The van der Waals surface area contributed by atoms with E-state index in [1.807, 2.05) is 0 Å². The first-order valence-corrected chi connectivity index (χ1v) is 7.66. The van der Waals surface area contributed by atoms with Crippen molar-refractivity contribution in [1.29, 1.82) is 0 Å². The third-order valence-corrected chi connectivity index (χ3v) is 3.90. The van der Waals surface area contributed by atoms with Crippen LogP contribution in [0.4, 0.5) is 15.9 Å². The number of aromatic nitrogens is 1. The van der Waals surface area contributed by atoms with E-state index in [4.69, 9.17) is 23.2 Å². The number of amides is 2. The number of hydrogen-bond acceptors (Lipinski definition) is 5. The number of halogens is 3. The van der Waals surface area contributed by atoms with E-state index in [0.717, 1.165) is 4.90 Å². The number of benzene rings is 1. The van der Waals surface area contributed by atoms with Crippen molar-refractivity contribution in [3.63, 3.8) is 0 Å². The van der Waals surface area contributed by atoms with E-state index in [9.17, 15) is 14.0 Å². The van der Waals surface area contributed by atoms with Crippen LogP contribution in [0.25, 0.3) is 0 Å². The minimum atomic E-state index is -0.795. The lowest BCUT2D eigenvalue weighted by atomic mass is 10.2. The highest BCUT2D eigenvalue weighted by Crippen LogP contribution is 2.24. The summed E-state index contributed by atoms with van der Waals surface area (Å²) < 4.78 is 13.0. The van der Waals surface area contributed by atoms with Crippen molar-refractivity contribution in [2.75, 3.05) is 10.3 Å². The first-order valence-electron chi connectivity index (χ1n) is 6.90. The SMILES string of the molecule is O=C1C[C@H](NNc2ncc(Cl)cc2Cl)C(=O)N1c1ccc(F)cc1. The summed E-state index contributed by atoms with van der Waals surface area (Å²) in [6.45, 7) is 0. The van der Waals surface area contributed by atoms with E-state index >= 15 is 0 Å². The van der Waals surface area contributed by atoms with Gasteiger partial charge in [-0.15, -0.1) is 0 Å². The van der Waals surface area contributed by atoms with Gasteiger partial charge in [0.15, 0.2) is 5.82 Å². The van der Waals surface area contributed by atoms with Crippen LogP contribution in [0.1, 0.15) is 6.42 Å². The Kier molecular flexibility index (Phi) is 4.66. The molecule has 124 valence electrons. The van der Waals surface area contributed by atoms with Crippen molar-refractivity contribution < 1.29 is 14.0 Å².